The van der Waals surface area contributed by atoms with Crippen molar-refractivity contribution in [2.45, 2.75) is 18.9 Å². The van der Waals surface area contributed by atoms with Crippen LogP contribution in [0.15, 0.2) is 53.1 Å². The molecule has 2 heterocycles. The summed E-state index contributed by atoms with van der Waals surface area (Å²) in [6.45, 7) is 0.123. The minimum Gasteiger partial charge on any atom is -0.476 e. The van der Waals surface area contributed by atoms with Gasteiger partial charge in [0.05, 0.1) is 12.2 Å². The zero-order valence-electron chi connectivity index (χ0n) is 17.1. The summed E-state index contributed by atoms with van der Waals surface area (Å²) < 4.78 is 24.1. The lowest BCUT2D eigenvalue weighted by Gasteiger charge is -2.35. The first-order valence-corrected chi connectivity index (χ1v) is 9.78. The van der Waals surface area contributed by atoms with Crippen molar-refractivity contribution in [2.24, 2.45) is 0 Å². The number of anilines is 1. The van der Waals surface area contributed by atoms with Crippen LogP contribution in [0.3, 0.4) is 0 Å². The fourth-order valence-electron chi connectivity index (χ4n) is 3.31. The van der Waals surface area contributed by atoms with Crippen molar-refractivity contribution < 1.29 is 23.2 Å². The number of rotatable bonds is 5. The van der Waals surface area contributed by atoms with Gasteiger partial charge in [-0.05, 0) is 36.4 Å². The third-order valence-electron chi connectivity index (χ3n) is 4.91. The second-order valence-electron chi connectivity index (χ2n) is 7.33. The molecule has 160 valence electrons. The van der Waals surface area contributed by atoms with Crippen molar-refractivity contribution >= 4 is 17.5 Å². The number of aryl methyl sites for hydroxylation is 1. The molecule has 0 radical (unpaired) electrons. The van der Waals surface area contributed by atoms with E-state index in [-0.39, 0.29) is 37.0 Å². The number of amides is 2. The zero-order chi connectivity index (χ0) is 22.0. The number of aromatic nitrogens is 2. The largest absolute Gasteiger partial charge is 0.476 e. The van der Waals surface area contributed by atoms with Crippen molar-refractivity contribution in [3.05, 3.63) is 60.2 Å². The predicted molar refractivity (Wildman–Crippen MR) is 110 cm³/mol. The number of hydrogen-bond acceptors (Lipinski definition) is 6. The summed E-state index contributed by atoms with van der Waals surface area (Å²) in [4.78, 5) is 32.7. The van der Waals surface area contributed by atoms with E-state index in [0.29, 0.717) is 28.7 Å². The first-order chi connectivity index (χ1) is 14.9. The number of benzene rings is 2. The number of likely N-dealkylation sites (N-methyl/N-ethyl adjacent to an activating group) is 1. The van der Waals surface area contributed by atoms with E-state index in [1.54, 1.807) is 49.3 Å². The number of hydrogen-bond donors (Lipinski definition) is 0. The average molecular weight is 424 g/mol. The van der Waals surface area contributed by atoms with E-state index < -0.39 is 6.10 Å². The van der Waals surface area contributed by atoms with Crippen molar-refractivity contribution in [3.8, 4) is 17.1 Å². The number of para-hydroxylation sites is 2. The zero-order valence-corrected chi connectivity index (χ0v) is 17.1. The minimum atomic E-state index is -0.776. The number of halogens is 1. The van der Waals surface area contributed by atoms with Crippen molar-refractivity contribution in [1.29, 1.82) is 0 Å². The lowest BCUT2D eigenvalue weighted by Crippen LogP contribution is -2.50. The van der Waals surface area contributed by atoms with Crippen LogP contribution in [0.2, 0.25) is 0 Å². The van der Waals surface area contributed by atoms with Gasteiger partial charge in [-0.1, -0.05) is 17.3 Å². The first kappa shape index (κ1) is 20.5. The van der Waals surface area contributed by atoms with Gasteiger partial charge in [-0.25, -0.2) is 4.39 Å². The highest BCUT2D eigenvalue weighted by Crippen LogP contribution is 2.34. The van der Waals surface area contributed by atoms with Gasteiger partial charge in [-0.3, -0.25) is 9.59 Å². The van der Waals surface area contributed by atoms with E-state index >= 15 is 0 Å². The Morgan fingerprint density at radius 2 is 1.90 bits per heavy atom. The van der Waals surface area contributed by atoms with Crippen LogP contribution >= 0.6 is 0 Å². The van der Waals surface area contributed by atoms with Gasteiger partial charge in [-0.2, -0.15) is 4.98 Å². The van der Waals surface area contributed by atoms with Gasteiger partial charge in [0.15, 0.2) is 6.10 Å². The molecule has 9 heteroatoms. The molecule has 1 aromatic heterocycles. The smallest absolute Gasteiger partial charge is 0.265 e. The van der Waals surface area contributed by atoms with Gasteiger partial charge >= 0.3 is 0 Å². The highest BCUT2D eigenvalue weighted by molar-refractivity contribution is 5.97. The molecule has 0 aliphatic carbocycles. The molecular formula is C22H21FN4O4. The first-order valence-electron chi connectivity index (χ1n) is 9.78. The fraction of sp³-hybridized carbons (Fsp3) is 0.273. The maximum Gasteiger partial charge on any atom is 0.265 e. The minimum absolute atomic E-state index is 0.113. The molecule has 0 fully saturated rings. The molecule has 1 aliphatic heterocycles. The SMILES string of the molecule is CN(C)C(=O)C1CN(C(=O)CCc2nc(-c3ccc(F)cc3)no2)c2ccccc2O1. The molecule has 1 atom stereocenters. The second kappa shape index (κ2) is 8.55. The molecule has 0 saturated carbocycles. The van der Waals surface area contributed by atoms with Crippen molar-refractivity contribution in [1.82, 2.24) is 15.0 Å². The Bertz CT molecular complexity index is 1100. The summed E-state index contributed by atoms with van der Waals surface area (Å²) in [5.41, 5.74) is 1.24. The van der Waals surface area contributed by atoms with Gasteiger partial charge in [0.2, 0.25) is 17.6 Å². The molecule has 0 bridgehead atoms. The summed E-state index contributed by atoms with van der Waals surface area (Å²) >= 11 is 0. The molecule has 31 heavy (non-hydrogen) atoms. The molecular weight excluding hydrogens is 403 g/mol. The summed E-state index contributed by atoms with van der Waals surface area (Å²) in [6, 6.07) is 12.9. The van der Waals surface area contributed by atoms with Crippen LogP contribution in [-0.4, -0.2) is 53.6 Å². The van der Waals surface area contributed by atoms with Gasteiger partial charge in [0.25, 0.3) is 5.91 Å². The number of carbonyl (C=O) groups is 2. The van der Waals surface area contributed by atoms with Gasteiger partial charge in [0.1, 0.15) is 11.6 Å². The van der Waals surface area contributed by atoms with Crippen molar-refractivity contribution in [2.75, 3.05) is 25.5 Å². The maximum absolute atomic E-state index is 13.1. The Kier molecular flexibility index (Phi) is 5.66. The van der Waals surface area contributed by atoms with E-state index in [2.05, 4.69) is 10.1 Å². The van der Waals surface area contributed by atoms with E-state index in [4.69, 9.17) is 9.26 Å². The summed E-state index contributed by atoms with van der Waals surface area (Å²) in [7, 11) is 3.29. The topological polar surface area (TPSA) is 88.8 Å². The predicted octanol–water partition coefficient (Wildman–Crippen LogP) is 2.69. The average Bonchev–Trinajstić information content (AvgIpc) is 3.25. The van der Waals surface area contributed by atoms with E-state index in [0.717, 1.165) is 0 Å². The van der Waals surface area contributed by atoms with Crippen LogP contribution in [-0.2, 0) is 16.0 Å². The van der Waals surface area contributed by atoms with Crippen LogP contribution < -0.4 is 9.64 Å². The molecule has 1 aliphatic rings. The third-order valence-corrected chi connectivity index (χ3v) is 4.91. The number of fused-ring (bicyclic) bond motifs is 1. The maximum atomic E-state index is 13.1. The van der Waals surface area contributed by atoms with Crippen LogP contribution in [0.4, 0.5) is 10.1 Å². The normalized spacial score (nSPS) is 15.2. The third kappa shape index (κ3) is 4.40. The molecule has 0 saturated heterocycles. The number of nitrogens with zero attached hydrogens (tertiary/aromatic N) is 4. The van der Waals surface area contributed by atoms with Crippen LogP contribution in [0.1, 0.15) is 12.3 Å². The van der Waals surface area contributed by atoms with Gasteiger partial charge in [0, 0.05) is 32.5 Å². The number of carbonyl (C=O) groups excluding carboxylic acids is 2. The molecule has 2 amide bonds. The molecule has 4 rings (SSSR count). The van der Waals surface area contributed by atoms with Crippen LogP contribution in [0, 0.1) is 5.82 Å². The summed E-state index contributed by atoms with van der Waals surface area (Å²) in [5.74, 6) is 0.363. The second-order valence-corrected chi connectivity index (χ2v) is 7.33. The van der Waals surface area contributed by atoms with E-state index in [1.807, 2.05) is 6.07 Å². The Morgan fingerprint density at radius 1 is 1.16 bits per heavy atom. The Balaban J connectivity index is 1.46. The quantitative estimate of drug-likeness (QED) is 0.626. The van der Waals surface area contributed by atoms with Gasteiger partial charge < -0.3 is 19.1 Å². The lowest BCUT2D eigenvalue weighted by atomic mass is 10.1. The lowest BCUT2D eigenvalue weighted by molar-refractivity contribution is -0.136. The summed E-state index contributed by atoms with van der Waals surface area (Å²) in [6.07, 6.45) is -0.427. The van der Waals surface area contributed by atoms with Crippen LogP contribution in [0.25, 0.3) is 11.4 Å². The monoisotopic (exact) mass is 424 g/mol. The standard InChI is InChI=1S/C22H21FN4O4/c1-26(2)22(29)18-13-27(16-5-3-4-6-17(16)30-18)20(28)12-11-19-24-21(25-31-19)14-7-9-15(23)10-8-14/h3-10,18H,11-13H2,1-2H3. The molecule has 0 spiro atoms. The van der Waals surface area contributed by atoms with E-state index in [1.165, 1.54) is 17.0 Å². The molecule has 1 unspecified atom stereocenters. The molecule has 8 nitrogen and oxygen atoms in total. The molecule has 2 aromatic carbocycles. The Morgan fingerprint density at radius 3 is 2.65 bits per heavy atom. The molecule has 3 aromatic rings. The number of ether oxygens (including phenoxy) is 1. The van der Waals surface area contributed by atoms with Crippen LogP contribution in [0.5, 0.6) is 5.75 Å². The Hall–Kier alpha value is -3.75. The summed E-state index contributed by atoms with van der Waals surface area (Å²) in [5, 5.41) is 3.89. The van der Waals surface area contributed by atoms with Crippen molar-refractivity contribution in [3.63, 3.8) is 0 Å². The fourth-order valence-corrected chi connectivity index (χ4v) is 3.31. The Labute approximate surface area is 178 Å². The van der Waals surface area contributed by atoms with Gasteiger partial charge in [-0.15, -0.1) is 0 Å². The highest BCUT2D eigenvalue weighted by Gasteiger charge is 2.34. The molecule has 0 N–H and O–H groups in total. The highest BCUT2D eigenvalue weighted by atomic mass is 19.1. The van der Waals surface area contributed by atoms with E-state index in [9.17, 15) is 14.0 Å².